The quantitative estimate of drug-likeness (QED) is 0.531. The van der Waals surface area contributed by atoms with Crippen molar-refractivity contribution in [2.24, 2.45) is 4.99 Å². The maximum absolute atomic E-state index is 4.04. The maximum Gasteiger partial charge on any atom is 0.0978 e. The van der Waals surface area contributed by atoms with Crippen molar-refractivity contribution in [1.29, 1.82) is 0 Å². The zero-order valence-corrected chi connectivity index (χ0v) is 6.57. The Labute approximate surface area is 65.5 Å². The van der Waals surface area contributed by atoms with E-state index in [-0.39, 0.29) is 0 Å². The van der Waals surface area contributed by atoms with Gasteiger partial charge in [0.1, 0.15) is 0 Å². The number of aliphatic imine (C=N–C) groups is 1. The molecule has 2 aliphatic heterocycles. The zero-order chi connectivity index (χ0) is 7.84. The fourth-order valence-electron chi connectivity index (χ4n) is 1.18. The summed E-state index contributed by atoms with van der Waals surface area (Å²) in [5.41, 5.74) is 5.34. The first-order valence-electron chi connectivity index (χ1n) is 3.45. The molecule has 58 valence electrons. The average Bonchev–Trinajstić information content (AvgIpc) is 2.31. The van der Waals surface area contributed by atoms with Crippen molar-refractivity contribution in [2.75, 3.05) is 14.1 Å². The van der Waals surface area contributed by atoms with Crippen LogP contribution in [-0.2, 0) is 0 Å². The van der Waals surface area contributed by atoms with Gasteiger partial charge in [-0.15, -0.1) is 0 Å². The molecule has 0 radical (unpaired) electrons. The molecule has 0 saturated heterocycles. The Kier molecular flexibility index (Phi) is 1.15. The Morgan fingerprint density at radius 3 is 3.00 bits per heavy atom. The minimum absolute atomic E-state index is 1.05. The van der Waals surface area contributed by atoms with Crippen LogP contribution < -0.4 is 5.43 Å². The molecule has 0 aromatic rings. The summed E-state index contributed by atoms with van der Waals surface area (Å²) in [7, 11) is 3.93. The molecular weight excluding hydrogens is 140 g/mol. The Morgan fingerprint density at radius 2 is 2.27 bits per heavy atom. The van der Waals surface area contributed by atoms with Crippen molar-refractivity contribution in [3.63, 3.8) is 0 Å². The zero-order valence-electron chi connectivity index (χ0n) is 6.57. The fourth-order valence-corrected chi connectivity index (χ4v) is 1.18. The van der Waals surface area contributed by atoms with Gasteiger partial charge in [-0.3, -0.25) is 10.4 Å². The summed E-state index contributed by atoms with van der Waals surface area (Å²) >= 11 is 0. The van der Waals surface area contributed by atoms with Gasteiger partial charge in [-0.2, -0.15) is 0 Å². The van der Waals surface area contributed by atoms with Crippen molar-refractivity contribution in [1.82, 2.24) is 15.3 Å². The van der Waals surface area contributed by atoms with Crippen LogP contribution >= 0.6 is 0 Å². The van der Waals surface area contributed by atoms with Crippen LogP contribution in [0, 0.1) is 0 Å². The summed E-state index contributed by atoms with van der Waals surface area (Å²) in [4.78, 5) is 6.02. The number of hydrogen-bond donors (Lipinski definition) is 1. The number of rotatable bonds is 0. The molecule has 0 aliphatic carbocycles. The molecule has 0 atom stereocenters. The van der Waals surface area contributed by atoms with Crippen LogP contribution in [0.5, 0.6) is 0 Å². The van der Waals surface area contributed by atoms with E-state index in [1.54, 1.807) is 6.34 Å². The Hall–Kier alpha value is -1.45. The van der Waals surface area contributed by atoms with E-state index in [1.165, 1.54) is 0 Å². The SMILES string of the molecule is CN1C=C2C(=CN=CN2C)N1. The van der Waals surface area contributed by atoms with E-state index >= 15 is 0 Å². The van der Waals surface area contributed by atoms with E-state index in [0.717, 1.165) is 11.4 Å². The average molecular weight is 150 g/mol. The summed E-state index contributed by atoms with van der Waals surface area (Å²) < 4.78 is 0. The summed E-state index contributed by atoms with van der Waals surface area (Å²) in [6.07, 6.45) is 5.63. The predicted octanol–water partition coefficient (Wildman–Crippen LogP) is 0.0929. The normalized spacial score (nSPS) is 20.9. The largest absolute Gasteiger partial charge is 0.332 e. The number of likely N-dealkylation sites (N-methyl/N-ethyl adjacent to an activating group) is 1. The molecule has 0 aromatic carbocycles. The van der Waals surface area contributed by atoms with E-state index in [1.807, 2.05) is 36.4 Å². The molecule has 0 fully saturated rings. The third kappa shape index (κ3) is 0.869. The molecule has 4 nitrogen and oxygen atoms in total. The lowest BCUT2D eigenvalue weighted by atomic mass is 10.3. The molecule has 4 heteroatoms. The number of nitrogens with zero attached hydrogens (tertiary/aromatic N) is 3. The first kappa shape index (κ1) is 6.27. The van der Waals surface area contributed by atoms with Crippen LogP contribution in [0.3, 0.4) is 0 Å². The topological polar surface area (TPSA) is 30.9 Å². The van der Waals surface area contributed by atoms with Crippen LogP contribution in [0.15, 0.2) is 28.8 Å². The van der Waals surface area contributed by atoms with Crippen molar-refractivity contribution >= 4 is 6.34 Å². The first-order chi connectivity index (χ1) is 5.27. The van der Waals surface area contributed by atoms with Crippen LogP contribution in [0.1, 0.15) is 0 Å². The van der Waals surface area contributed by atoms with Crippen molar-refractivity contribution in [2.45, 2.75) is 0 Å². The molecule has 2 rings (SSSR count). The van der Waals surface area contributed by atoms with Gasteiger partial charge in [0.2, 0.25) is 0 Å². The van der Waals surface area contributed by atoms with E-state index in [4.69, 9.17) is 0 Å². The van der Waals surface area contributed by atoms with Gasteiger partial charge in [0, 0.05) is 20.3 Å². The third-order valence-corrected chi connectivity index (χ3v) is 1.71. The van der Waals surface area contributed by atoms with E-state index in [0.29, 0.717) is 0 Å². The predicted molar refractivity (Wildman–Crippen MR) is 43.3 cm³/mol. The van der Waals surface area contributed by atoms with Gasteiger partial charge < -0.3 is 4.90 Å². The minimum Gasteiger partial charge on any atom is -0.332 e. The summed E-state index contributed by atoms with van der Waals surface area (Å²) in [6.45, 7) is 0. The van der Waals surface area contributed by atoms with Crippen LogP contribution in [0.25, 0.3) is 0 Å². The number of nitrogens with one attached hydrogen (secondary N) is 1. The highest BCUT2D eigenvalue weighted by Gasteiger charge is 2.19. The highest BCUT2D eigenvalue weighted by atomic mass is 15.5. The van der Waals surface area contributed by atoms with Gasteiger partial charge in [-0.05, 0) is 0 Å². The maximum atomic E-state index is 4.04. The van der Waals surface area contributed by atoms with E-state index in [9.17, 15) is 0 Å². The number of hydrogen-bond acceptors (Lipinski definition) is 4. The number of fused-ring (bicyclic) bond motifs is 1. The van der Waals surface area contributed by atoms with Gasteiger partial charge in [0.05, 0.1) is 23.9 Å². The van der Waals surface area contributed by atoms with Gasteiger partial charge >= 0.3 is 0 Å². The van der Waals surface area contributed by atoms with Gasteiger partial charge in [-0.25, -0.2) is 4.99 Å². The molecule has 0 bridgehead atoms. The van der Waals surface area contributed by atoms with Crippen LogP contribution in [0.2, 0.25) is 0 Å². The first-order valence-corrected chi connectivity index (χ1v) is 3.45. The highest BCUT2D eigenvalue weighted by molar-refractivity contribution is 5.63. The van der Waals surface area contributed by atoms with E-state index < -0.39 is 0 Å². The molecule has 0 aromatic heterocycles. The minimum atomic E-state index is 1.05. The smallest absolute Gasteiger partial charge is 0.0978 e. The molecule has 2 heterocycles. The highest BCUT2D eigenvalue weighted by Crippen LogP contribution is 2.19. The number of hydrazine groups is 1. The van der Waals surface area contributed by atoms with Gasteiger partial charge in [0.25, 0.3) is 0 Å². The lowest BCUT2D eigenvalue weighted by Gasteiger charge is -2.17. The summed E-state index contributed by atoms with van der Waals surface area (Å²) in [6, 6.07) is 0. The molecule has 0 unspecified atom stereocenters. The second-order valence-corrected chi connectivity index (χ2v) is 2.66. The Morgan fingerprint density at radius 1 is 1.45 bits per heavy atom. The molecule has 0 saturated carbocycles. The molecule has 2 aliphatic rings. The molecular formula is C7H10N4. The molecule has 11 heavy (non-hydrogen) atoms. The second kappa shape index (κ2) is 2.02. The fraction of sp³-hybridized carbons (Fsp3) is 0.286. The third-order valence-electron chi connectivity index (χ3n) is 1.71. The standard InChI is InChI=1S/C7H10N4/c1-10-5-8-3-6-7(10)4-11(2)9-6/h3-5,9H,1-2H3. The second-order valence-electron chi connectivity index (χ2n) is 2.66. The lowest BCUT2D eigenvalue weighted by Crippen LogP contribution is -2.25. The Balaban J connectivity index is 2.36. The monoisotopic (exact) mass is 150 g/mol. The molecule has 0 amide bonds. The lowest BCUT2D eigenvalue weighted by molar-refractivity contribution is 0.397. The van der Waals surface area contributed by atoms with Crippen molar-refractivity contribution in [3.05, 3.63) is 23.8 Å². The molecule has 1 N–H and O–H groups in total. The van der Waals surface area contributed by atoms with Gasteiger partial charge in [0.15, 0.2) is 0 Å². The van der Waals surface area contributed by atoms with Crippen molar-refractivity contribution < 1.29 is 0 Å². The van der Waals surface area contributed by atoms with Crippen LogP contribution in [-0.4, -0.2) is 30.3 Å². The van der Waals surface area contributed by atoms with Gasteiger partial charge in [-0.1, -0.05) is 0 Å². The Bertz CT molecular complexity index is 264. The summed E-state index contributed by atoms with van der Waals surface area (Å²) in [5, 5.41) is 1.91. The van der Waals surface area contributed by atoms with E-state index in [2.05, 4.69) is 10.4 Å². The van der Waals surface area contributed by atoms with Crippen molar-refractivity contribution in [3.8, 4) is 0 Å². The summed E-state index contributed by atoms with van der Waals surface area (Å²) in [5.74, 6) is 0. The van der Waals surface area contributed by atoms with Crippen LogP contribution in [0.4, 0.5) is 0 Å². The molecule has 0 spiro atoms.